The fourth-order valence-electron chi connectivity index (χ4n) is 2.16. The van der Waals surface area contributed by atoms with Crippen LogP contribution in [0.3, 0.4) is 0 Å². The lowest BCUT2D eigenvalue weighted by atomic mass is 10.0. The van der Waals surface area contributed by atoms with Crippen LogP contribution in [-0.2, 0) is 4.74 Å². The Morgan fingerprint density at radius 1 is 1.29 bits per heavy atom. The van der Waals surface area contributed by atoms with Gasteiger partial charge in [-0.2, -0.15) is 0 Å². The third-order valence-electron chi connectivity index (χ3n) is 3.15. The van der Waals surface area contributed by atoms with E-state index in [1.807, 2.05) is 18.2 Å². The quantitative estimate of drug-likeness (QED) is 0.904. The second kappa shape index (κ2) is 6.05. The van der Waals surface area contributed by atoms with Crippen molar-refractivity contribution < 1.29 is 4.74 Å². The number of halogens is 2. The van der Waals surface area contributed by atoms with Gasteiger partial charge in [0.15, 0.2) is 0 Å². The predicted molar refractivity (Wildman–Crippen MR) is 71.9 cm³/mol. The topological polar surface area (TPSA) is 21.3 Å². The molecular formula is C13H17Cl2NO. The zero-order valence-electron chi connectivity index (χ0n) is 9.88. The van der Waals surface area contributed by atoms with E-state index in [2.05, 4.69) is 12.2 Å². The number of benzene rings is 1. The number of hydrogen-bond acceptors (Lipinski definition) is 2. The maximum absolute atomic E-state index is 6.21. The van der Waals surface area contributed by atoms with Gasteiger partial charge in [-0.15, -0.1) is 0 Å². The molecule has 1 saturated heterocycles. The number of nitrogens with one attached hydrogen (secondary N) is 1. The molecule has 1 N–H and O–H groups in total. The summed E-state index contributed by atoms with van der Waals surface area (Å²) in [6.45, 7) is 3.80. The second-order valence-corrected chi connectivity index (χ2v) is 5.20. The Hall–Kier alpha value is -0.280. The molecule has 1 aromatic carbocycles. The van der Waals surface area contributed by atoms with Crippen LogP contribution in [0, 0.1) is 0 Å². The van der Waals surface area contributed by atoms with Crippen molar-refractivity contribution in [3.05, 3.63) is 33.8 Å². The molecule has 1 atom stereocenters. The van der Waals surface area contributed by atoms with Crippen LogP contribution in [-0.4, -0.2) is 19.3 Å². The Balaban J connectivity index is 2.03. The Kier molecular flexibility index (Phi) is 4.69. The van der Waals surface area contributed by atoms with Gasteiger partial charge in [-0.25, -0.2) is 0 Å². The minimum absolute atomic E-state index is 0.212. The molecule has 2 nitrogen and oxygen atoms in total. The standard InChI is InChI=1S/C13H17Cl2NO/c1-9(16-10-5-7-17-8-6-10)11-3-2-4-12(14)13(11)15/h2-4,9-10,16H,5-8H2,1H3. The molecule has 1 unspecified atom stereocenters. The molecule has 1 aliphatic heterocycles. The summed E-state index contributed by atoms with van der Waals surface area (Å²) in [6.07, 6.45) is 2.12. The van der Waals surface area contributed by atoms with Crippen molar-refractivity contribution in [1.82, 2.24) is 5.32 Å². The van der Waals surface area contributed by atoms with E-state index >= 15 is 0 Å². The number of hydrogen-bond donors (Lipinski definition) is 1. The van der Waals surface area contributed by atoms with Gasteiger partial charge >= 0.3 is 0 Å². The van der Waals surface area contributed by atoms with Crippen LogP contribution in [0.1, 0.15) is 31.4 Å². The summed E-state index contributed by atoms with van der Waals surface area (Å²) >= 11 is 12.2. The van der Waals surface area contributed by atoms with Crippen LogP contribution in [0.5, 0.6) is 0 Å². The minimum Gasteiger partial charge on any atom is -0.381 e. The average molecular weight is 274 g/mol. The number of ether oxygens (including phenoxy) is 1. The Morgan fingerprint density at radius 3 is 2.71 bits per heavy atom. The van der Waals surface area contributed by atoms with E-state index in [1.165, 1.54) is 0 Å². The summed E-state index contributed by atoms with van der Waals surface area (Å²) in [5, 5.41) is 4.85. The van der Waals surface area contributed by atoms with Crippen LogP contribution in [0.4, 0.5) is 0 Å². The smallest absolute Gasteiger partial charge is 0.0639 e. The van der Waals surface area contributed by atoms with Crippen LogP contribution >= 0.6 is 23.2 Å². The van der Waals surface area contributed by atoms with Crippen molar-refractivity contribution in [2.24, 2.45) is 0 Å². The lowest BCUT2D eigenvalue weighted by Crippen LogP contribution is -2.36. The molecule has 0 saturated carbocycles. The zero-order chi connectivity index (χ0) is 12.3. The Morgan fingerprint density at radius 2 is 2.00 bits per heavy atom. The minimum atomic E-state index is 0.212. The molecule has 2 rings (SSSR count). The number of rotatable bonds is 3. The molecule has 94 valence electrons. The van der Waals surface area contributed by atoms with E-state index in [4.69, 9.17) is 27.9 Å². The first-order chi connectivity index (χ1) is 8.18. The van der Waals surface area contributed by atoms with Crippen LogP contribution in [0.15, 0.2) is 18.2 Å². The van der Waals surface area contributed by atoms with Gasteiger partial charge in [0.05, 0.1) is 10.0 Å². The molecule has 1 aromatic rings. The molecule has 0 aromatic heterocycles. The third kappa shape index (κ3) is 3.35. The van der Waals surface area contributed by atoms with E-state index in [1.54, 1.807) is 0 Å². The van der Waals surface area contributed by atoms with E-state index in [0.717, 1.165) is 31.6 Å². The molecule has 17 heavy (non-hydrogen) atoms. The average Bonchev–Trinajstić information content (AvgIpc) is 2.34. The van der Waals surface area contributed by atoms with Gasteiger partial charge in [0.25, 0.3) is 0 Å². The van der Waals surface area contributed by atoms with E-state index < -0.39 is 0 Å². The summed E-state index contributed by atoms with van der Waals surface area (Å²) in [5.74, 6) is 0. The van der Waals surface area contributed by atoms with Gasteiger partial charge in [0.2, 0.25) is 0 Å². The van der Waals surface area contributed by atoms with Gasteiger partial charge in [-0.1, -0.05) is 35.3 Å². The largest absolute Gasteiger partial charge is 0.381 e. The first kappa shape index (κ1) is 13.2. The zero-order valence-corrected chi connectivity index (χ0v) is 11.4. The van der Waals surface area contributed by atoms with Crippen LogP contribution < -0.4 is 5.32 Å². The highest BCUT2D eigenvalue weighted by Gasteiger charge is 2.18. The van der Waals surface area contributed by atoms with Crippen molar-refractivity contribution >= 4 is 23.2 Å². The molecule has 4 heteroatoms. The maximum Gasteiger partial charge on any atom is 0.0639 e. The van der Waals surface area contributed by atoms with E-state index in [0.29, 0.717) is 16.1 Å². The van der Waals surface area contributed by atoms with Gasteiger partial charge in [-0.3, -0.25) is 0 Å². The lowest BCUT2D eigenvalue weighted by molar-refractivity contribution is 0.0754. The molecule has 0 amide bonds. The SMILES string of the molecule is CC(NC1CCOCC1)c1cccc(Cl)c1Cl. The van der Waals surface area contributed by atoms with E-state index in [-0.39, 0.29) is 6.04 Å². The molecule has 1 heterocycles. The molecule has 0 aliphatic carbocycles. The van der Waals surface area contributed by atoms with E-state index in [9.17, 15) is 0 Å². The molecule has 1 aliphatic rings. The maximum atomic E-state index is 6.21. The highest BCUT2D eigenvalue weighted by Crippen LogP contribution is 2.30. The van der Waals surface area contributed by atoms with Crippen LogP contribution in [0.2, 0.25) is 10.0 Å². The van der Waals surface area contributed by atoms with Crippen molar-refractivity contribution in [2.75, 3.05) is 13.2 Å². The molecule has 1 fully saturated rings. The predicted octanol–water partition coefficient (Wildman–Crippen LogP) is 3.82. The first-order valence-electron chi connectivity index (χ1n) is 5.96. The summed E-state index contributed by atoms with van der Waals surface area (Å²) in [4.78, 5) is 0. The van der Waals surface area contributed by atoms with Gasteiger partial charge < -0.3 is 10.1 Å². The summed E-state index contributed by atoms with van der Waals surface area (Å²) < 4.78 is 5.34. The van der Waals surface area contributed by atoms with Crippen molar-refractivity contribution in [1.29, 1.82) is 0 Å². The highest BCUT2D eigenvalue weighted by atomic mass is 35.5. The Bertz CT molecular complexity index is 378. The molecule has 0 radical (unpaired) electrons. The monoisotopic (exact) mass is 273 g/mol. The fraction of sp³-hybridized carbons (Fsp3) is 0.538. The molecular weight excluding hydrogens is 257 g/mol. The van der Waals surface area contributed by atoms with Crippen molar-refractivity contribution in [3.8, 4) is 0 Å². The van der Waals surface area contributed by atoms with Crippen molar-refractivity contribution in [2.45, 2.75) is 31.8 Å². The summed E-state index contributed by atoms with van der Waals surface area (Å²) in [6, 6.07) is 6.49. The molecule has 0 spiro atoms. The normalized spacial score (nSPS) is 19.2. The Labute approximate surface area is 112 Å². The second-order valence-electron chi connectivity index (χ2n) is 4.42. The van der Waals surface area contributed by atoms with Crippen LogP contribution in [0.25, 0.3) is 0 Å². The lowest BCUT2D eigenvalue weighted by Gasteiger charge is -2.27. The summed E-state index contributed by atoms with van der Waals surface area (Å²) in [5.41, 5.74) is 1.06. The van der Waals surface area contributed by atoms with Gasteiger partial charge in [0, 0.05) is 25.3 Å². The fourth-order valence-corrected chi connectivity index (χ4v) is 2.63. The third-order valence-corrected chi connectivity index (χ3v) is 3.99. The first-order valence-corrected chi connectivity index (χ1v) is 6.72. The summed E-state index contributed by atoms with van der Waals surface area (Å²) in [7, 11) is 0. The van der Waals surface area contributed by atoms with Gasteiger partial charge in [0.1, 0.15) is 0 Å². The molecule has 0 bridgehead atoms. The van der Waals surface area contributed by atoms with Gasteiger partial charge in [-0.05, 0) is 31.4 Å². The highest BCUT2D eigenvalue weighted by molar-refractivity contribution is 6.42. The van der Waals surface area contributed by atoms with Crippen molar-refractivity contribution in [3.63, 3.8) is 0 Å².